The number of amides is 1. The van der Waals surface area contributed by atoms with Crippen LogP contribution >= 0.6 is 11.3 Å². The molecule has 4 rings (SSSR count). The number of nitrogens with two attached hydrogens (primary N) is 1. The van der Waals surface area contributed by atoms with E-state index in [1.54, 1.807) is 32.2 Å². The van der Waals surface area contributed by atoms with Gasteiger partial charge in [0.15, 0.2) is 11.9 Å². The normalized spacial score (nSPS) is 16.0. The molecule has 0 fully saturated rings. The first kappa shape index (κ1) is 17.3. The Morgan fingerprint density at radius 3 is 2.67 bits per heavy atom. The van der Waals surface area contributed by atoms with Crippen molar-refractivity contribution in [1.82, 2.24) is 0 Å². The number of rotatable bonds is 3. The number of thiophene rings is 1. The van der Waals surface area contributed by atoms with Crippen molar-refractivity contribution in [2.24, 2.45) is 0 Å². The summed E-state index contributed by atoms with van der Waals surface area (Å²) in [7, 11) is 1.68. The molecular formula is C21H18N2O3S. The Labute approximate surface area is 161 Å². The van der Waals surface area contributed by atoms with Crippen molar-refractivity contribution in [3.05, 3.63) is 65.0 Å². The molecule has 1 aromatic heterocycles. The molecule has 1 atom stereocenters. The molecular weight excluding hydrogens is 360 g/mol. The molecule has 136 valence electrons. The van der Waals surface area contributed by atoms with Gasteiger partial charge in [-0.15, -0.1) is 11.3 Å². The van der Waals surface area contributed by atoms with Gasteiger partial charge in [0, 0.05) is 23.6 Å². The largest absolute Gasteiger partial charge is 0.479 e. The first-order valence-corrected chi connectivity index (χ1v) is 9.40. The number of hydrogen-bond acceptors (Lipinski definition) is 5. The van der Waals surface area contributed by atoms with Crippen LogP contribution in [0.2, 0.25) is 0 Å². The lowest BCUT2D eigenvalue weighted by atomic mass is 9.96. The highest BCUT2D eigenvalue weighted by Gasteiger charge is 2.30. The lowest BCUT2D eigenvalue weighted by molar-refractivity contribution is -0.125. The maximum atomic E-state index is 13.2. The summed E-state index contributed by atoms with van der Waals surface area (Å²) in [5.74, 6) is 0.268. The second-order valence-corrected chi connectivity index (χ2v) is 7.33. The molecule has 3 aromatic rings. The molecule has 0 radical (unpaired) electrons. The molecule has 2 aromatic carbocycles. The fraction of sp³-hybridized carbons (Fsp3) is 0.143. The third kappa shape index (κ3) is 2.88. The molecule has 1 aliphatic heterocycles. The molecule has 1 unspecified atom stereocenters. The van der Waals surface area contributed by atoms with E-state index < -0.39 is 6.10 Å². The van der Waals surface area contributed by atoms with E-state index in [0.717, 1.165) is 11.1 Å². The van der Waals surface area contributed by atoms with Crippen molar-refractivity contribution in [3.8, 4) is 16.9 Å². The molecule has 1 aliphatic rings. The number of ether oxygens (including phenoxy) is 1. The first-order chi connectivity index (χ1) is 13.0. The average Bonchev–Trinajstić information content (AvgIpc) is 3.07. The molecule has 2 heterocycles. The van der Waals surface area contributed by atoms with Crippen molar-refractivity contribution in [2.75, 3.05) is 17.7 Å². The smallest absolute Gasteiger partial charge is 0.267 e. The first-order valence-electron chi connectivity index (χ1n) is 8.52. The molecule has 2 N–H and O–H groups in total. The van der Waals surface area contributed by atoms with Crippen LogP contribution in [0.5, 0.6) is 5.75 Å². The Balaban J connectivity index is 1.78. The highest BCUT2D eigenvalue weighted by molar-refractivity contribution is 7.15. The second kappa shape index (κ2) is 6.55. The molecule has 0 saturated heterocycles. The van der Waals surface area contributed by atoms with Crippen LogP contribution in [-0.4, -0.2) is 24.8 Å². The number of nitrogens with zero attached hydrogens (tertiary/aromatic N) is 1. The number of carbonyl (C=O) groups is 2. The summed E-state index contributed by atoms with van der Waals surface area (Å²) in [6.45, 7) is 1.71. The maximum Gasteiger partial charge on any atom is 0.267 e. The monoisotopic (exact) mass is 378 g/mol. The van der Waals surface area contributed by atoms with E-state index >= 15 is 0 Å². The minimum atomic E-state index is -0.541. The van der Waals surface area contributed by atoms with Gasteiger partial charge in [0.2, 0.25) is 0 Å². The predicted molar refractivity (Wildman–Crippen MR) is 108 cm³/mol. The van der Waals surface area contributed by atoms with Gasteiger partial charge in [-0.2, -0.15) is 0 Å². The fourth-order valence-electron chi connectivity index (χ4n) is 3.23. The number of likely N-dealkylation sites (N-methyl/N-ethyl adjacent to an activating group) is 1. The molecule has 0 saturated carbocycles. The number of anilines is 2. The third-order valence-corrected chi connectivity index (χ3v) is 5.51. The minimum Gasteiger partial charge on any atom is -0.479 e. The van der Waals surface area contributed by atoms with Crippen LogP contribution < -0.4 is 15.4 Å². The Hall–Kier alpha value is -3.12. The van der Waals surface area contributed by atoms with Crippen molar-refractivity contribution in [1.29, 1.82) is 0 Å². The van der Waals surface area contributed by atoms with E-state index in [4.69, 9.17) is 10.5 Å². The quantitative estimate of drug-likeness (QED) is 0.700. The highest BCUT2D eigenvalue weighted by atomic mass is 32.1. The van der Waals surface area contributed by atoms with Gasteiger partial charge in [-0.25, -0.2) is 0 Å². The van der Waals surface area contributed by atoms with Gasteiger partial charge in [-0.3, -0.25) is 9.59 Å². The predicted octanol–water partition coefficient (Wildman–Crippen LogP) is 3.97. The molecule has 6 heteroatoms. The summed E-state index contributed by atoms with van der Waals surface area (Å²) in [4.78, 5) is 27.0. The van der Waals surface area contributed by atoms with Crippen LogP contribution in [0, 0.1) is 0 Å². The third-order valence-electron chi connectivity index (χ3n) is 4.70. The number of nitrogen functional groups attached to an aromatic ring is 1. The van der Waals surface area contributed by atoms with Crippen LogP contribution in [0.15, 0.2) is 53.9 Å². The Bertz CT molecular complexity index is 1040. The van der Waals surface area contributed by atoms with E-state index in [1.807, 2.05) is 35.7 Å². The van der Waals surface area contributed by atoms with Gasteiger partial charge >= 0.3 is 0 Å². The standard InChI is InChI=1S/C21H18N2O3S/c1-12-21(25)23(2)16-10-14(8-9-17(16)26-12)19(24)18-15(11-27-20(18)22)13-6-4-3-5-7-13/h3-12H,22H2,1-2H3. The minimum absolute atomic E-state index is 0.146. The number of benzene rings is 2. The van der Waals surface area contributed by atoms with Crippen molar-refractivity contribution >= 4 is 33.7 Å². The van der Waals surface area contributed by atoms with E-state index in [-0.39, 0.29) is 11.7 Å². The van der Waals surface area contributed by atoms with Gasteiger partial charge in [0.1, 0.15) is 5.75 Å². The van der Waals surface area contributed by atoms with Crippen LogP contribution in [0.25, 0.3) is 11.1 Å². The molecule has 27 heavy (non-hydrogen) atoms. The number of carbonyl (C=O) groups excluding carboxylic acids is 2. The SMILES string of the molecule is CC1Oc2ccc(C(=O)c3c(-c4ccccc4)csc3N)cc2N(C)C1=O. The Morgan fingerprint density at radius 2 is 1.93 bits per heavy atom. The summed E-state index contributed by atoms with van der Waals surface area (Å²) in [6, 6.07) is 14.8. The molecule has 0 bridgehead atoms. The number of ketones is 1. The zero-order valence-electron chi connectivity index (χ0n) is 14.9. The van der Waals surface area contributed by atoms with E-state index in [1.165, 1.54) is 16.2 Å². The summed E-state index contributed by atoms with van der Waals surface area (Å²) in [5.41, 5.74) is 9.43. The summed E-state index contributed by atoms with van der Waals surface area (Å²) in [6.07, 6.45) is -0.541. The summed E-state index contributed by atoms with van der Waals surface area (Å²) in [5, 5.41) is 2.38. The van der Waals surface area contributed by atoms with Crippen molar-refractivity contribution in [2.45, 2.75) is 13.0 Å². The van der Waals surface area contributed by atoms with Crippen LogP contribution in [-0.2, 0) is 4.79 Å². The Morgan fingerprint density at radius 1 is 1.19 bits per heavy atom. The van der Waals surface area contributed by atoms with Crippen LogP contribution in [0.4, 0.5) is 10.7 Å². The average molecular weight is 378 g/mol. The number of hydrogen-bond donors (Lipinski definition) is 1. The van der Waals surface area contributed by atoms with Crippen molar-refractivity contribution in [3.63, 3.8) is 0 Å². The summed E-state index contributed by atoms with van der Waals surface area (Å²) >= 11 is 1.35. The Kier molecular flexibility index (Phi) is 4.20. The van der Waals surface area contributed by atoms with Crippen LogP contribution in [0.1, 0.15) is 22.8 Å². The molecule has 0 aliphatic carbocycles. The number of fused-ring (bicyclic) bond motifs is 1. The van der Waals surface area contributed by atoms with Gasteiger partial charge in [-0.05, 0) is 30.7 Å². The topological polar surface area (TPSA) is 72.6 Å². The zero-order chi connectivity index (χ0) is 19.1. The van der Waals surface area contributed by atoms with Gasteiger partial charge in [0.25, 0.3) is 5.91 Å². The fourth-order valence-corrected chi connectivity index (χ4v) is 4.05. The summed E-state index contributed by atoms with van der Waals surface area (Å²) < 4.78 is 5.63. The van der Waals surface area contributed by atoms with E-state index in [2.05, 4.69) is 0 Å². The lowest BCUT2D eigenvalue weighted by Gasteiger charge is -2.30. The van der Waals surface area contributed by atoms with E-state index in [9.17, 15) is 9.59 Å². The molecule has 0 spiro atoms. The van der Waals surface area contributed by atoms with E-state index in [0.29, 0.717) is 27.6 Å². The zero-order valence-corrected chi connectivity index (χ0v) is 15.7. The molecule has 5 nitrogen and oxygen atoms in total. The maximum absolute atomic E-state index is 13.2. The second-order valence-electron chi connectivity index (χ2n) is 6.42. The lowest BCUT2D eigenvalue weighted by Crippen LogP contribution is -2.42. The molecule has 1 amide bonds. The highest BCUT2D eigenvalue weighted by Crippen LogP contribution is 2.38. The van der Waals surface area contributed by atoms with Gasteiger partial charge in [0.05, 0.1) is 16.3 Å². The van der Waals surface area contributed by atoms with Crippen molar-refractivity contribution < 1.29 is 14.3 Å². The van der Waals surface area contributed by atoms with Gasteiger partial charge < -0.3 is 15.4 Å². The van der Waals surface area contributed by atoms with Crippen LogP contribution in [0.3, 0.4) is 0 Å². The van der Waals surface area contributed by atoms with Gasteiger partial charge in [-0.1, -0.05) is 30.3 Å².